The molecule has 2 heterocycles. The number of benzene rings is 2. The van der Waals surface area contributed by atoms with Crippen LogP contribution < -0.4 is 11.2 Å². The van der Waals surface area contributed by atoms with E-state index in [1.54, 1.807) is 16.7 Å². The van der Waals surface area contributed by atoms with Crippen LogP contribution in [0.3, 0.4) is 0 Å². The van der Waals surface area contributed by atoms with Gasteiger partial charge < -0.3 is 0 Å². The molecule has 0 amide bonds. The molecule has 0 saturated heterocycles. The zero-order valence-electron chi connectivity index (χ0n) is 16.5. The Morgan fingerprint density at radius 2 is 1.59 bits per heavy atom. The summed E-state index contributed by atoms with van der Waals surface area (Å²) < 4.78 is 3.12. The van der Waals surface area contributed by atoms with Crippen LogP contribution in [0.2, 0.25) is 5.02 Å². The van der Waals surface area contributed by atoms with E-state index in [0.717, 1.165) is 29.9 Å². The highest BCUT2D eigenvalue weighted by molar-refractivity contribution is 6.30. The van der Waals surface area contributed by atoms with Crippen LogP contribution >= 0.6 is 11.6 Å². The third-order valence-corrected chi connectivity index (χ3v) is 5.76. The fourth-order valence-electron chi connectivity index (χ4n) is 4.02. The Kier molecular flexibility index (Phi) is 5.69. The van der Waals surface area contributed by atoms with E-state index < -0.39 is 0 Å². The molecular weight excluding hydrogens is 386 g/mol. The molecule has 0 atom stereocenters. The SMILES string of the molecule is CCn1c2c(c(=O)n(Cc3ccc(Cl)cc3)c1=O)CN(Cc1ccccc1)CC2. The fourth-order valence-corrected chi connectivity index (χ4v) is 4.15. The van der Waals surface area contributed by atoms with Crippen molar-refractivity contribution in [1.82, 2.24) is 14.0 Å². The van der Waals surface area contributed by atoms with Gasteiger partial charge in [-0.05, 0) is 30.2 Å². The molecule has 2 aromatic carbocycles. The topological polar surface area (TPSA) is 47.2 Å². The Balaban J connectivity index is 1.70. The maximum absolute atomic E-state index is 13.3. The molecule has 0 aliphatic carbocycles. The van der Waals surface area contributed by atoms with Crippen molar-refractivity contribution in [2.75, 3.05) is 6.54 Å². The van der Waals surface area contributed by atoms with Gasteiger partial charge in [0.25, 0.3) is 5.56 Å². The highest BCUT2D eigenvalue weighted by atomic mass is 35.5. The number of aromatic nitrogens is 2. The molecule has 5 nitrogen and oxygen atoms in total. The number of hydrogen-bond donors (Lipinski definition) is 0. The van der Waals surface area contributed by atoms with Gasteiger partial charge in [0, 0.05) is 43.3 Å². The van der Waals surface area contributed by atoms with Gasteiger partial charge in [0.15, 0.2) is 0 Å². The Bertz CT molecular complexity index is 1120. The van der Waals surface area contributed by atoms with Crippen LogP contribution in [0, 0.1) is 0 Å². The minimum absolute atomic E-state index is 0.178. The monoisotopic (exact) mass is 409 g/mol. The van der Waals surface area contributed by atoms with Crippen LogP contribution in [0.1, 0.15) is 29.3 Å². The fraction of sp³-hybridized carbons (Fsp3) is 0.304. The molecule has 1 aromatic heterocycles. The summed E-state index contributed by atoms with van der Waals surface area (Å²) in [5.74, 6) is 0. The lowest BCUT2D eigenvalue weighted by Gasteiger charge is -2.30. The van der Waals surface area contributed by atoms with Gasteiger partial charge in [0.1, 0.15) is 0 Å². The molecule has 0 unspecified atom stereocenters. The van der Waals surface area contributed by atoms with E-state index in [0.29, 0.717) is 24.5 Å². The van der Waals surface area contributed by atoms with E-state index in [1.165, 1.54) is 10.1 Å². The summed E-state index contributed by atoms with van der Waals surface area (Å²) in [6, 6.07) is 17.5. The first-order chi connectivity index (χ1) is 14.1. The molecule has 3 aromatic rings. The maximum atomic E-state index is 13.3. The molecule has 0 spiro atoms. The largest absolute Gasteiger partial charge is 0.331 e. The van der Waals surface area contributed by atoms with E-state index in [1.807, 2.05) is 37.3 Å². The second-order valence-electron chi connectivity index (χ2n) is 7.42. The molecule has 0 fully saturated rings. The van der Waals surface area contributed by atoms with Gasteiger partial charge in [-0.1, -0.05) is 54.1 Å². The average molecular weight is 410 g/mol. The van der Waals surface area contributed by atoms with Gasteiger partial charge in [0.2, 0.25) is 0 Å². The Hall–Kier alpha value is -2.63. The summed E-state index contributed by atoms with van der Waals surface area (Å²) in [6.45, 7) is 4.95. The number of hydrogen-bond acceptors (Lipinski definition) is 3. The summed E-state index contributed by atoms with van der Waals surface area (Å²) in [5, 5.41) is 0.633. The second-order valence-corrected chi connectivity index (χ2v) is 7.85. The summed E-state index contributed by atoms with van der Waals surface area (Å²) in [7, 11) is 0. The molecule has 0 radical (unpaired) electrons. The first-order valence-corrected chi connectivity index (χ1v) is 10.3. The third kappa shape index (κ3) is 4.07. The minimum Gasteiger partial charge on any atom is -0.297 e. The lowest BCUT2D eigenvalue weighted by molar-refractivity contribution is 0.236. The second kappa shape index (κ2) is 8.39. The number of nitrogens with zero attached hydrogens (tertiary/aromatic N) is 3. The molecule has 1 aliphatic heterocycles. The van der Waals surface area contributed by atoms with Crippen LogP contribution in [0.5, 0.6) is 0 Å². The Morgan fingerprint density at radius 3 is 2.28 bits per heavy atom. The molecule has 1 aliphatic rings. The van der Waals surface area contributed by atoms with Gasteiger partial charge in [-0.3, -0.25) is 18.8 Å². The van der Waals surface area contributed by atoms with Gasteiger partial charge >= 0.3 is 5.69 Å². The molecule has 0 bridgehead atoms. The molecule has 0 N–H and O–H groups in total. The quantitative estimate of drug-likeness (QED) is 0.649. The average Bonchev–Trinajstić information content (AvgIpc) is 2.74. The van der Waals surface area contributed by atoms with Crippen LogP contribution in [0.15, 0.2) is 64.2 Å². The third-order valence-electron chi connectivity index (χ3n) is 5.51. The Morgan fingerprint density at radius 1 is 0.897 bits per heavy atom. The molecule has 29 heavy (non-hydrogen) atoms. The van der Waals surface area contributed by atoms with Crippen molar-refractivity contribution in [2.24, 2.45) is 0 Å². The maximum Gasteiger partial charge on any atom is 0.331 e. The number of rotatable bonds is 5. The summed E-state index contributed by atoms with van der Waals surface area (Å²) in [5.41, 5.74) is 3.32. The molecule has 150 valence electrons. The lowest BCUT2D eigenvalue weighted by Crippen LogP contribution is -2.47. The van der Waals surface area contributed by atoms with Crippen LogP contribution in [-0.4, -0.2) is 20.6 Å². The van der Waals surface area contributed by atoms with E-state index in [9.17, 15) is 9.59 Å². The first kappa shape index (κ1) is 19.7. The van der Waals surface area contributed by atoms with Crippen molar-refractivity contribution in [3.63, 3.8) is 0 Å². The highest BCUT2D eigenvalue weighted by Gasteiger charge is 2.25. The summed E-state index contributed by atoms with van der Waals surface area (Å²) >= 11 is 5.96. The molecular formula is C23H24ClN3O2. The van der Waals surface area contributed by atoms with Crippen molar-refractivity contribution >= 4 is 11.6 Å². The predicted molar refractivity (Wildman–Crippen MR) is 115 cm³/mol. The van der Waals surface area contributed by atoms with Gasteiger partial charge in [-0.2, -0.15) is 0 Å². The Labute approximate surface area is 174 Å². The molecule has 6 heteroatoms. The smallest absolute Gasteiger partial charge is 0.297 e. The lowest BCUT2D eigenvalue weighted by atomic mass is 10.0. The number of halogens is 1. The molecule has 0 saturated carbocycles. The minimum atomic E-state index is -0.234. The van der Waals surface area contributed by atoms with E-state index in [-0.39, 0.29) is 17.8 Å². The normalized spacial score (nSPS) is 14.0. The van der Waals surface area contributed by atoms with Crippen molar-refractivity contribution < 1.29 is 0 Å². The van der Waals surface area contributed by atoms with Gasteiger partial charge in [-0.15, -0.1) is 0 Å². The zero-order chi connectivity index (χ0) is 20.4. The standard InChI is InChI=1S/C23H24ClN3O2/c1-2-26-21-12-13-25(14-17-6-4-3-5-7-17)16-20(21)22(28)27(23(26)29)15-18-8-10-19(24)11-9-18/h3-11H,2,12-16H2,1H3. The van der Waals surface area contributed by atoms with E-state index in [2.05, 4.69) is 17.0 Å². The van der Waals surface area contributed by atoms with Crippen LogP contribution in [-0.2, 0) is 32.6 Å². The van der Waals surface area contributed by atoms with Crippen molar-refractivity contribution in [3.8, 4) is 0 Å². The van der Waals surface area contributed by atoms with Gasteiger partial charge in [0.05, 0.1) is 12.1 Å². The highest BCUT2D eigenvalue weighted by Crippen LogP contribution is 2.18. The predicted octanol–water partition coefficient (Wildman–Crippen LogP) is 3.29. The summed E-state index contributed by atoms with van der Waals surface area (Å²) in [6.07, 6.45) is 0.711. The number of fused-ring (bicyclic) bond motifs is 1. The van der Waals surface area contributed by atoms with E-state index in [4.69, 9.17) is 11.6 Å². The van der Waals surface area contributed by atoms with Crippen LogP contribution in [0.25, 0.3) is 0 Å². The first-order valence-electron chi connectivity index (χ1n) is 9.93. The van der Waals surface area contributed by atoms with Crippen molar-refractivity contribution in [3.05, 3.63) is 103 Å². The van der Waals surface area contributed by atoms with Crippen molar-refractivity contribution in [2.45, 2.75) is 39.5 Å². The van der Waals surface area contributed by atoms with Crippen molar-refractivity contribution in [1.29, 1.82) is 0 Å². The molecule has 4 rings (SSSR count). The van der Waals surface area contributed by atoms with Gasteiger partial charge in [-0.25, -0.2) is 4.79 Å². The zero-order valence-corrected chi connectivity index (χ0v) is 17.2. The summed E-state index contributed by atoms with van der Waals surface area (Å²) in [4.78, 5) is 28.6. The van der Waals surface area contributed by atoms with Crippen LogP contribution in [0.4, 0.5) is 0 Å². The van der Waals surface area contributed by atoms with E-state index >= 15 is 0 Å².